The van der Waals surface area contributed by atoms with Gasteiger partial charge >= 0.3 is 6.03 Å². The minimum atomic E-state index is -0.203. The molecule has 31 heavy (non-hydrogen) atoms. The number of ether oxygens (including phenoxy) is 2. The number of piperazine rings is 1. The summed E-state index contributed by atoms with van der Waals surface area (Å²) in [6.07, 6.45) is 0.300. The Hall–Kier alpha value is -3.42. The summed E-state index contributed by atoms with van der Waals surface area (Å²) in [4.78, 5) is 31.0. The number of methoxy groups -OCH3 is 2. The molecule has 2 aliphatic rings. The Labute approximate surface area is 182 Å². The van der Waals surface area contributed by atoms with Crippen LogP contribution < -0.4 is 24.6 Å². The Kier molecular flexibility index (Phi) is 6.16. The molecular weight excluding hydrogens is 396 g/mol. The highest BCUT2D eigenvalue weighted by Crippen LogP contribution is 2.26. The molecule has 0 bridgehead atoms. The van der Waals surface area contributed by atoms with E-state index >= 15 is 0 Å². The first kappa shape index (κ1) is 20.8. The number of nitrogens with one attached hydrogen (secondary N) is 1. The summed E-state index contributed by atoms with van der Waals surface area (Å²) in [5.41, 5.74) is 1.91. The van der Waals surface area contributed by atoms with Crippen molar-refractivity contribution in [1.82, 2.24) is 10.2 Å². The van der Waals surface area contributed by atoms with Crippen molar-refractivity contribution in [3.05, 3.63) is 48.5 Å². The third-order valence-electron chi connectivity index (χ3n) is 5.82. The summed E-state index contributed by atoms with van der Waals surface area (Å²) in [6, 6.07) is 15.1. The molecule has 0 aromatic heterocycles. The first-order chi connectivity index (χ1) is 15.1. The molecule has 3 amide bonds. The summed E-state index contributed by atoms with van der Waals surface area (Å²) in [6.45, 7) is 3.26. The maximum absolute atomic E-state index is 12.8. The second-order valence-corrected chi connectivity index (χ2v) is 7.73. The zero-order chi connectivity index (χ0) is 21.8. The van der Waals surface area contributed by atoms with Gasteiger partial charge in [-0.15, -0.1) is 0 Å². The molecular formula is C23H28N4O4. The van der Waals surface area contributed by atoms with Gasteiger partial charge in [0, 0.05) is 56.6 Å². The topological polar surface area (TPSA) is 74.4 Å². The molecule has 4 rings (SSSR count). The van der Waals surface area contributed by atoms with E-state index in [0.717, 1.165) is 30.2 Å². The van der Waals surface area contributed by atoms with Crippen LogP contribution in [0.3, 0.4) is 0 Å². The smallest absolute Gasteiger partial charge is 0.317 e. The second kappa shape index (κ2) is 9.16. The SMILES string of the molecule is COc1ccc(N2CCN(C(=O)N[C@H]3CC(=O)N(c4cccc(OC)c4)C3)CC2)cc1. The summed E-state index contributed by atoms with van der Waals surface area (Å²) in [5.74, 6) is 1.53. The molecule has 0 spiro atoms. The lowest BCUT2D eigenvalue weighted by Crippen LogP contribution is -2.53. The largest absolute Gasteiger partial charge is 0.497 e. The van der Waals surface area contributed by atoms with Crippen LogP contribution in [0.4, 0.5) is 16.2 Å². The number of carbonyl (C=O) groups excluding carboxylic acids is 2. The van der Waals surface area contributed by atoms with E-state index in [1.54, 1.807) is 19.1 Å². The molecule has 0 radical (unpaired) electrons. The predicted octanol–water partition coefficient (Wildman–Crippen LogP) is 2.34. The number of urea groups is 1. The molecule has 8 nitrogen and oxygen atoms in total. The maximum atomic E-state index is 12.8. The van der Waals surface area contributed by atoms with Gasteiger partial charge in [0.25, 0.3) is 0 Å². The molecule has 2 fully saturated rings. The number of hydrogen-bond acceptors (Lipinski definition) is 5. The van der Waals surface area contributed by atoms with E-state index in [0.29, 0.717) is 31.8 Å². The van der Waals surface area contributed by atoms with Crippen molar-refractivity contribution in [1.29, 1.82) is 0 Å². The quantitative estimate of drug-likeness (QED) is 0.798. The van der Waals surface area contributed by atoms with Gasteiger partial charge in [-0.3, -0.25) is 4.79 Å². The summed E-state index contributed by atoms with van der Waals surface area (Å²) < 4.78 is 10.5. The second-order valence-electron chi connectivity index (χ2n) is 7.73. The highest BCUT2D eigenvalue weighted by atomic mass is 16.5. The monoisotopic (exact) mass is 424 g/mol. The fraction of sp³-hybridized carbons (Fsp3) is 0.391. The molecule has 2 saturated heterocycles. The number of carbonyl (C=O) groups is 2. The Balaban J connectivity index is 1.29. The van der Waals surface area contributed by atoms with Crippen molar-refractivity contribution in [2.24, 2.45) is 0 Å². The number of amides is 3. The van der Waals surface area contributed by atoms with Crippen LogP contribution in [0.5, 0.6) is 11.5 Å². The Morgan fingerprint density at radius 2 is 1.65 bits per heavy atom. The van der Waals surface area contributed by atoms with E-state index in [9.17, 15) is 9.59 Å². The zero-order valence-electron chi connectivity index (χ0n) is 17.9. The van der Waals surface area contributed by atoms with E-state index in [1.165, 1.54) is 0 Å². The van der Waals surface area contributed by atoms with E-state index in [-0.39, 0.29) is 18.0 Å². The molecule has 2 aromatic carbocycles. The van der Waals surface area contributed by atoms with E-state index in [4.69, 9.17) is 9.47 Å². The van der Waals surface area contributed by atoms with Crippen molar-refractivity contribution < 1.29 is 19.1 Å². The minimum Gasteiger partial charge on any atom is -0.497 e. The Bertz CT molecular complexity index is 925. The summed E-state index contributed by atoms with van der Waals surface area (Å²) in [5, 5.41) is 3.04. The number of benzene rings is 2. The number of hydrogen-bond donors (Lipinski definition) is 1. The highest BCUT2D eigenvalue weighted by Gasteiger charge is 2.33. The van der Waals surface area contributed by atoms with Crippen molar-refractivity contribution in [2.75, 3.05) is 56.7 Å². The van der Waals surface area contributed by atoms with Gasteiger partial charge < -0.3 is 29.5 Å². The normalized spacial score (nSPS) is 18.8. The van der Waals surface area contributed by atoms with Crippen LogP contribution >= 0.6 is 0 Å². The van der Waals surface area contributed by atoms with Crippen LogP contribution in [0.2, 0.25) is 0 Å². The third kappa shape index (κ3) is 4.68. The molecule has 8 heteroatoms. The zero-order valence-corrected chi connectivity index (χ0v) is 17.9. The average molecular weight is 425 g/mol. The molecule has 2 aromatic rings. The fourth-order valence-electron chi connectivity index (χ4n) is 4.06. The van der Waals surface area contributed by atoms with Crippen molar-refractivity contribution in [2.45, 2.75) is 12.5 Å². The van der Waals surface area contributed by atoms with Gasteiger partial charge in [0.1, 0.15) is 11.5 Å². The maximum Gasteiger partial charge on any atom is 0.317 e. The van der Waals surface area contributed by atoms with Crippen LogP contribution in [0.15, 0.2) is 48.5 Å². The number of nitrogens with zero attached hydrogens (tertiary/aromatic N) is 3. The molecule has 1 atom stereocenters. The standard InChI is InChI=1S/C23H28N4O4/c1-30-20-8-6-18(7-9-20)25-10-12-26(13-11-25)23(29)24-17-14-22(28)27(16-17)19-4-3-5-21(15-19)31-2/h3-9,15,17H,10-14,16H2,1-2H3,(H,24,29)/t17-/m0/s1. The summed E-state index contributed by atoms with van der Waals surface area (Å²) >= 11 is 0. The molecule has 0 aliphatic carbocycles. The molecule has 164 valence electrons. The number of anilines is 2. The first-order valence-corrected chi connectivity index (χ1v) is 10.5. The van der Waals surface area contributed by atoms with E-state index < -0.39 is 0 Å². The van der Waals surface area contributed by atoms with Gasteiger partial charge in [-0.25, -0.2) is 4.79 Å². The van der Waals surface area contributed by atoms with Crippen molar-refractivity contribution in [3.8, 4) is 11.5 Å². The van der Waals surface area contributed by atoms with Gasteiger partial charge in [0.2, 0.25) is 5.91 Å². The van der Waals surface area contributed by atoms with Gasteiger partial charge in [-0.05, 0) is 36.4 Å². The molecule has 2 heterocycles. The van der Waals surface area contributed by atoms with Gasteiger partial charge in [-0.1, -0.05) is 6.07 Å². The van der Waals surface area contributed by atoms with Crippen molar-refractivity contribution >= 4 is 23.3 Å². The summed E-state index contributed by atoms with van der Waals surface area (Å²) in [7, 11) is 3.25. The van der Waals surface area contributed by atoms with E-state index in [2.05, 4.69) is 10.2 Å². The Morgan fingerprint density at radius 1 is 0.935 bits per heavy atom. The highest BCUT2D eigenvalue weighted by molar-refractivity contribution is 5.97. The lowest BCUT2D eigenvalue weighted by molar-refractivity contribution is -0.117. The predicted molar refractivity (Wildman–Crippen MR) is 119 cm³/mol. The van der Waals surface area contributed by atoms with Gasteiger partial charge in [0.15, 0.2) is 0 Å². The first-order valence-electron chi connectivity index (χ1n) is 10.5. The van der Waals surface area contributed by atoms with Crippen LogP contribution in [-0.2, 0) is 4.79 Å². The van der Waals surface area contributed by atoms with Gasteiger partial charge in [0.05, 0.1) is 20.3 Å². The van der Waals surface area contributed by atoms with Crippen LogP contribution in [0.1, 0.15) is 6.42 Å². The molecule has 2 aliphatic heterocycles. The lowest BCUT2D eigenvalue weighted by atomic mass is 10.2. The Morgan fingerprint density at radius 3 is 2.32 bits per heavy atom. The molecule has 0 saturated carbocycles. The van der Waals surface area contributed by atoms with Crippen LogP contribution in [0, 0.1) is 0 Å². The number of rotatable bonds is 5. The molecule has 0 unspecified atom stereocenters. The van der Waals surface area contributed by atoms with Crippen LogP contribution in [-0.4, -0.2) is 69.8 Å². The fourth-order valence-corrected chi connectivity index (χ4v) is 4.06. The van der Waals surface area contributed by atoms with E-state index in [1.807, 2.05) is 53.4 Å². The average Bonchev–Trinajstić information content (AvgIpc) is 3.19. The van der Waals surface area contributed by atoms with Gasteiger partial charge in [-0.2, -0.15) is 0 Å². The minimum absolute atomic E-state index is 0.00266. The van der Waals surface area contributed by atoms with Crippen LogP contribution in [0.25, 0.3) is 0 Å². The third-order valence-corrected chi connectivity index (χ3v) is 5.82. The van der Waals surface area contributed by atoms with Crippen molar-refractivity contribution in [3.63, 3.8) is 0 Å². The molecule has 1 N–H and O–H groups in total. The lowest BCUT2D eigenvalue weighted by Gasteiger charge is -2.36.